The van der Waals surface area contributed by atoms with Crippen LogP contribution in [0.5, 0.6) is 0 Å². The summed E-state index contributed by atoms with van der Waals surface area (Å²) in [4.78, 5) is 10.4. The molecule has 0 aliphatic rings. The molecule has 0 amide bonds. The van der Waals surface area contributed by atoms with E-state index in [4.69, 9.17) is 14.4 Å². The lowest BCUT2D eigenvalue weighted by molar-refractivity contribution is 0.662. The van der Waals surface area contributed by atoms with Crippen molar-refractivity contribution >= 4 is 60.2 Å². The van der Waals surface area contributed by atoms with Crippen molar-refractivity contribution in [3.05, 3.63) is 164 Å². The number of benzene rings is 7. The van der Waals surface area contributed by atoms with Crippen molar-refractivity contribution in [3.8, 4) is 33.8 Å². The van der Waals surface area contributed by atoms with Gasteiger partial charge in [-0.05, 0) is 41.5 Å². The zero-order valence-corrected chi connectivity index (χ0v) is 25.8. The highest BCUT2D eigenvalue weighted by atomic mass is 16.3. The molecular weight excluding hydrogens is 587 g/mol. The van der Waals surface area contributed by atoms with E-state index in [1.165, 1.54) is 21.9 Å². The zero-order valence-electron chi connectivity index (χ0n) is 25.8. The smallest absolute Gasteiger partial charge is 0.164 e. The summed E-state index contributed by atoms with van der Waals surface area (Å²) in [5.41, 5.74) is 10.8. The summed E-state index contributed by atoms with van der Waals surface area (Å²) < 4.78 is 9.34. The summed E-state index contributed by atoms with van der Waals surface area (Å²) in [6.45, 7) is 0. The molecule has 0 fully saturated rings. The van der Waals surface area contributed by atoms with Crippen molar-refractivity contribution in [2.24, 2.45) is 0 Å². The minimum atomic E-state index is 0.624. The van der Waals surface area contributed by atoms with Crippen LogP contribution in [0.3, 0.4) is 0 Å². The highest BCUT2D eigenvalue weighted by molar-refractivity contribution is 6.20. The summed E-state index contributed by atoms with van der Waals surface area (Å²) in [6.07, 6.45) is 0. The minimum Gasteiger partial charge on any atom is -0.454 e. The molecule has 0 unspecified atom stereocenters. The molecule has 10 rings (SSSR count). The number of aromatic nitrogens is 3. The molecule has 0 aliphatic heterocycles. The predicted octanol–water partition coefficient (Wildman–Crippen LogP) is 11.7. The Morgan fingerprint density at radius 2 is 1.02 bits per heavy atom. The quantitative estimate of drug-likeness (QED) is 0.199. The Morgan fingerprint density at radius 3 is 1.88 bits per heavy atom. The van der Waals surface area contributed by atoms with Gasteiger partial charge in [0.2, 0.25) is 0 Å². The molecule has 0 bridgehead atoms. The molecule has 0 aliphatic carbocycles. The van der Waals surface area contributed by atoms with Crippen molar-refractivity contribution in [1.82, 2.24) is 14.4 Å². The monoisotopic (exact) mass is 613 g/mol. The third kappa shape index (κ3) is 4.03. The predicted molar refractivity (Wildman–Crippen MR) is 198 cm³/mol. The molecule has 0 N–H and O–H groups in total. The highest BCUT2D eigenvalue weighted by Crippen LogP contribution is 2.39. The molecule has 48 heavy (non-hydrogen) atoms. The molecule has 4 nitrogen and oxygen atoms in total. The first-order chi connectivity index (χ1) is 23.8. The molecular formula is C44H27N3O. The maximum Gasteiger partial charge on any atom is 0.164 e. The van der Waals surface area contributed by atoms with Crippen LogP contribution >= 0.6 is 0 Å². The van der Waals surface area contributed by atoms with Crippen LogP contribution in [-0.2, 0) is 0 Å². The molecule has 0 atom stereocenters. The van der Waals surface area contributed by atoms with Crippen molar-refractivity contribution in [3.63, 3.8) is 0 Å². The van der Waals surface area contributed by atoms with Gasteiger partial charge in [-0.2, -0.15) is 0 Å². The first kappa shape index (κ1) is 26.7. The summed E-state index contributed by atoms with van der Waals surface area (Å²) in [5, 5.41) is 5.53. The fourth-order valence-electron chi connectivity index (χ4n) is 7.23. The minimum absolute atomic E-state index is 0.624. The summed E-state index contributed by atoms with van der Waals surface area (Å²) in [6, 6.07) is 57.1. The lowest BCUT2D eigenvalue weighted by atomic mass is 10.0. The van der Waals surface area contributed by atoms with E-state index in [0.717, 1.165) is 66.2 Å². The van der Waals surface area contributed by atoms with Crippen LogP contribution in [0.15, 0.2) is 168 Å². The van der Waals surface area contributed by atoms with Gasteiger partial charge in [0.05, 0.1) is 33.3 Å². The molecule has 10 aromatic rings. The second-order valence-electron chi connectivity index (χ2n) is 12.2. The second kappa shape index (κ2) is 10.5. The third-order valence-electron chi connectivity index (χ3n) is 9.43. The van der Waals surface area contributed by atoms with Gasteiger partial charge in [-0.15, -0.1) is 0 Å². The van der Waals surface area contributed by atoms with Gasteiger partial charge in [0, 0.05) is 32.5 Å². The molecule has 0 spiro atoms. The molecule has 3 heterocycles. The van der Waals surface area contributed by atoms with E-state index < -0.39 is 0 Å². The highest BCUT2D eigenvalue weighted by Gasteiger charge is 2.18. The van der Waals surface area contributed by atoms with Crippen LogP contribution in [0.25, 0.3) is 93.9 Å². The first-order valence-corrected chi connectivity index (χ1v) is 16.2. The van der Waals surface area contributed by atoms with E-state index in [2.05, 4.69) is 138 Å². The van der Waals surface area contributed by atoms with Gasteiger partial charge in [-0.1, -0.05) is 133 Å². The van der Waals surface area contributed by atoms with Crippen LogP contribution in [0.1, 0.15) is 0 Å². The van der Waals surface area contributed by atoms with Gasteiger partial charge < -0.3 is 8.82 Å². The van der Waals surface area contributed by atoms with Crippen molar-refractivity contribution < 1.29 is 4.42 Å². The number of fused-ring (bicyclic) bond motifs is 8. The Bertz CT molecular complexity index is 2880. The van der Waals surface area contributed by atoms with Crippen LogP contribution in [0.4, 0.5) is 0 Å². The third-order valence-corrected chi connectivity index (χ3v) is 9.43. The number of hydrogen-bond donors (Lipinski definition) is 0. The fourth-order valence-corrected chi connectivity index (χ4v) is 7.23. The Labute approximate surface area is 275 Å². The molecule has 0 saturated carbocycles. The van der Waals surface area contributed by atoms with Gasteiger partial charge in [-0.3, -0.25) is 0 Å². The largest absolute Gasteiger partial charge is 0.454 e. The van der Waals surface area contributed by atoms with Crippen molar-refractivity contribution in [1.29, 1.82) is 0 Å². The maximum absolute atomic E-state index is 7.00. The lowest BCUT2D eigenvalue weighted by Crippen LogP contribution is -1.96. The standard InChI is InChI=1S/C44H27N3O/c1-2-12-28(13-3-1)29-24-26-30(27-25-29)41-35-15-4-6-20-37(35)45-44(46-41)36-19-11-18-34-33-17-10-16-32-31-14-5-7-21-38(31)47(42(32)33)39-22-8-9-23-40(39)48-43(34)36/h1-27H. The number of hydrogen-bond acceptors (Lipinski definition) is 3. The van der Waals surface area contributed by atoms with E-state index in [1.807, 2.05) is 30.3 Å². The molecule has 224 valence electrons. The van der Waals surface area contributed by atoms with E-state index >= 15 is 0 Å². The lowest BCUT2D eigenvalue weighted by Gasteiger charge is -2.12. The SMILES string of the molecule is c1ccc(-c2ccc(-c3nc(-c4cccc5c4oc4ccccc4n4c6ccccc6c6cccc5c64)nc4ccccc34)cc2)cc1. The molecule has 0 radical (unpaired) electrons. The number of para-hydroxylation sites is 6. The summed E-state index contributed by atoms with van der Waals surface area (Å²) in [7, 11) is 0. The van der Waals surface area contributed by atoms with Crippen LogP contribution in [-0.4, -0.2) is 14.4 Å². The Morgan fingerprint density at radius 1 is 0.417 bits per heavy atom. The van der Waals surface area contributed by atoms with E-state index in [-0.39, 0.29) is 0 Å². The molecule has 7 aromatic carbocycles. The van der Waals surface area contributed by atoms with Crippen LogP contribution in [0, 0.1) is 0 Å². The maximum atomic E-state index is 7.00. The zero-order chi connectivity index (χ0) is 31.6. The topological polar surface area (TPSA) is 43.3 Å². The van der Waals surface area contributed by atoms with Crippen LogP contribution < -0.4 is 0 Å². The first-order valence-electron chi connectivity index (χ1n) is 16.2. The van der Waals surface area contributed by atoms with Crippen LogP contribution in [0.2, 0.25) is 0 Å². The van der Waals surface area contributed by atoms with Gasteiger partial charge in [0.1, 0.15) is 5.58 Å². The second-order valence-corrected chi connectivity index (χ2v) is 12.2. The Balaban J connectivity index is 1.29. The van der Waals surface area contributed by atoms with Gasteiger partial charge >= 0.3 is 0 Å². The summed E-state index contributed by atoms with van der Waals surface area (Å²) >= 11 is 0. The average Bonchev–Trinajstić information content (AvgIpc) is 3.49. The van der Waals surface area contributed by atoms with E-state index in [0.29, 0.717) is 5.82 Å². The average molecular weight is 614 g/mol. The summed E-state index contributed by atoms with van der Waals surface area (Å²) in [5.74, 6) is 0.624. The van der Waals surface area contributed by atoms with Gasteiger partial charge in [0.15, 0.2) is 11.4 Å². The Kier molecular flexibility index (Phi) is 5.84. The fraction of sp³-hybridized carbons (Fsp3) is 0. The van der Waals surface area contributed by atoms with Crippen molar-refractivity contribution in [2.45, 2.75) is 0 Å². The number of rotatable bonds is 3. The molecule has 3 aromatic heterocycles. The van der Waals surface area contributed by atoms with E-state index in [9.17, 15) is 0 Å². The molecule has 0 saturated heterocycles. The number of nitrogens with zero attached hydrogens (tertiary/aromatic N) is 3. The van der Waals surface area contributed by atoms with Crippen molar-refractivity contribution in [2.75, 3.05) is 0 Å². The van der Waals surface area contributed by atoms with Gasteiger partial charge in [0.25, 0.3) is 0 Å². The normalized spacial score (nSPS) is 11.8. The van der Waals surface area contributed by atoms with E-state index in [1.54, 1.807) is 0 Å². The van der Waals surface area contributed by atoms with Gasteiger partial charge in [-0.25, -0.2) is 9.97 Å². The Hall–Kier alpha value is -6.52. The molecule has 4 heteroatoms.